The molecule has 0 N–H and O–H groups in total. The van der Waals surface area contributed by atoms with Crippen molar-refractivity contribution in [2.45, 2.75) is 0 Å². The molecule has 1 saturated heterocycles. The first-order chi connectivity index (χ1) is 13.7. The van der Waals surface area contributed by atoms with Crippen LogP contribution >= 0.6 is 0 Å². The Balaban J connectivity index is 1.52. The number of rotatable bonds is 2. The van der Waals surface area contributed by atoms with Crippen LogP contribution in [0.5, 0.6) is 0 Å². The molecule has 140 valence electrons. The minimum absolute atomic E-state index is 0.00384. The molecule has 0 bridgehead atoms. The molecule has 1 fully saturated rings. The van der Waals surface area contributed by atoms with Crippen LogP contribution in [-0.2, 0) is 11.8 Å². The molecule has 4 heterocycles. The fourth-order valence-corrected chi connectivity index (χ4v) is 3.41. The van der Waals surface area contributed by atoms with Crippen LogP contribution in [0.25, 0.3) is 33.3 Å². The fraction of sp³-hybridized carbons (Fsp3) is 0.250. The van der Waals surface area contributed by atoms with Crippen molar-refractivity contribution in [3.8, 4) is 11.3 Å². The number of ether oxygens (including phenoxy) is 1. The van der Waals surface area contributed by atoms with Gasteiger partial charge in [0, 0.05) is 49.0 Å². The van der Waals surface area contributed by atoms with Gasteiger partial charge in [-0.1, -0.05) is 0 Å². The maximum atomic E-state index is 12.8. The van der Waals surface area contributed by atoms with Crippen molar-refractivity contribution < 1.29 is 9.53 Å². The Morgan fingerprint density at radius 3 is 2.79 bits per heavy atom. The van der Waals surface area contributed by atoms with Crippen LogP contribution in [0.2, 0.25) is 0 Å². The first-order valence-electron chi connectivity index (χ1n) is 9.11. The molecule has 0 radical (unpaired) electrons. The second-order valence-electron chi connectivity index (χ2n) is 6.80. The zero-order valence-corrected chi connectivity index (χ0v) is 15.4. The van der Waals surface area contributed by atoms with Crippen molar-refractivity contribution in [1.82, 2.24) is 29.6 Å². The van der Waals surface area contributed by atoms with Crippen LogP contribution in [0.15, 0.2) is 42.9 Å². The number of morpholine rings is 1. The molecule has 8 nitrogen and oxygen atoms in total. The van der Waals surface area contributed by atoms with Gasteiger partial charge in [-0.3, -0.25) is 14.5 Å². The number of nitrogens with zero attached hydrogens (tertiary/aromatic N) is 6. The normalized spacial score (nSPS) is 14.7. The minimum atomic E-state index is -0.00384. The van der Waals surface area contributed by atoms with Crippen LogP contribution in [0.1, 0.15) is 10.4 Å². The molecule has 3 aromatic heterocycles. The summed E-state index contributed by atoms with van der Waals surface area (Å²) in [6, 6.07) is 7.44. The second kappa shape index (κ2) is 6.65. The summed E-state index contributed by atoms with van der Waals surface area (Å²) in [5, 5.41) is 5.23. The van der Waals surface area contributed by atoms with Gasteiger partial charge < -0.3 is 9.64 Å². The van der Waals surface area contributed by atoms with Gasteiger partial charge in [0.25, 0.3) is 5.91 Å². The highest BCUT2D eigenvalue weighted by molar-refractivity contribution is 5.97. The van der Waals surface area contributed by atoms with Crippen molar-refractivity contribution in [2.24, 2.45) is 7.05 Å². The van der Waals surface area contributed by atoms with Gasteiger partial charge in [0.2, 0.25) is 0 Å². The van der Waals surface area contributed by atoms with Crippen molar-refractivity contribution in [3.05, 3.63) is 48.4 Å². The van der Waals surface area contributed by atoms with Crippen LogP contribution in [0, 0.1) is 0 Å². The van der Waals surface area contributed by atoms with E-state index in [0.717, 1.165) is 16.5 Å². The Labute approximate surface area is 160 Å². The molecule has 1 aliphatic heterocycles. The molecule has 8 heteroatoms. The third-order valence-electron chi connectivity index (χ3n) is 4.86. The average Bonchev–Trinajstić information content (AvgIpc) is 3.12. The van der Waals surface area contributed by atoms with Crippen LogP contribution in [0.4, 0.5) is 0 Å². The molecule has 0 spiro atoms. The summed E-state index contributed by atoms with van der Waals surface area (Å²) < 4.78 is 7.06. The van der Waals surface area contributed by atoms with Crippen molar-refractivity contribution >= 4 is 28.0 Å². The summed E-state index contributed by atoms with van der Waals surface area (Å²) in [5.41, 5.74) is 4.31. The lowest BCUT2D eigenvalue weighted by Crippen LogP contribution is -2.40. The van der Waals surface area contributed by atoms with Gasteiger partial charge in [0.15, 0.2) is 5.65 Å². The number of carbonyl (C=O) groups excluding carboxylic acids is 1. The largest absolute Gasteiger partial charge is 0.378 e. The number of carbonyl (C=O) groups is 1. The molecule has 28 heavy (non-hydrogen) atoms. The summed E-state index contributed by atoms with van der Waals surface area (Å²) in [6.45, 7) is 2.37. The van der Waals surface area contributed by atoms with Gasteiger partial charge in [-0.25, -0.2) is 9.97 Å². The second-order valence-corrected chi connectivity index (χ2v) is 6.80. The molecule has 5 rings (SSSR count). The highest BCUT2D eigenvalue weighted by Crippen LogP contribution is 2.23. The van der Waals surface area contributed by atoms with Gasteiger partial charge in [-0.15, -0.1) is 0 Å². The molecule has 1 amide bonds. The van der Waals surface area contributed by atoms with Gasteiger partial charge in [-0.05, 0) is 24.3 Å². The predicted octanol–water partition coefficient (Wildman–Crippen LogP) is 2.05. The molecule has 4 aromatic rings. The number of benzene rings is 1. The number of pyridine rings is 1. The standard InChI is InChI=1S/C20H18N6O2/c1-25-12-15-8-14(10-22-19(15)24-25)18-11-21-16-3-2-13(9-17(16)23-18)20(27)26-4-6-28-7-5-26/h2-3,8-12H,4-7H2,1H3. The van der Waals surface area contributed by atoms with Crippen molar-refractivity contribution in [3.63, 3.8) is 0 Å². The van der Waals surface area contributed by atoms with E-state index >= 15 is 0 Å². The lowest BCUT2D eigenvalue weighted by atomic mass is 10.1. The Kier molecular flexibility index (Phi) is 3.98. The molecular weight excluding hydrogens is 356 g/mol. The lowest BCUT2D eigenvalue weighted by molar-refractivity contribution is 0.0303. The van der Waals surface area contributed by atoms with Crippen molar-refractivity contribution in [2.75, 3.05) is 26.3 Å². The highest BCUT2D eigenvalue weighted by Gasteiger charge is 2.19. The van der Waals surface area contributed by atoms with Crippen LogP contribution in [0.3, 0.4) is 0 Å². The Morgan fingerprint density at radius 2 is 1.93 bits per heavy atom. The molecule has 0 atom stereocenters. The first kappa shape index (κ1) is 16.8. The first-order valence-corrected chi connectivity index (χ1v) is 9.11. The topological polar surface area (TPSA) is 86.0 Å². The van der Waals surface area contributed by atoms with E-state index in [9.17, 15) is 4.79 Å². The fourth-order valence-electron chi connectivity index (χ4n) is 3.41. The van der Waals surface area contributed by atoms with E-state index in [0.29, 0.717) is 48.7 Å². The van der Waals surface area contributed by atoms with E-state index in [-0.39, 0.29) is 5.91 Å². The maximum absolute atomic E-state index is 12.8. The average molecular weight is 374 g/mol. The molecular formula is C20H18N6O2. The van der Waals surface area contributed by atoms with Gasteiger partial charge >= 0.3 is 0 Å². The van der Waals surface area contributed by atoms with Gasteiger partial charge in [0.05, 0.1) is 36.1 Å². The Morgan fingerprint density at radius 1 is 1.07 bits per heavy atom. The molecule has 1 aromatic carbocycles. The third kappa shape index (κ3) is 2.97. The number of amides is 1. The molecule has 1 aliphatic rings. The van der Waals surface area contributed by atoms with E-state index in [4.69, 9.17) is 9.72 Å². The summed E-state index contributed by atoms with van der Waals surface area (Å²) >= 11 is 0. The summed E-state index contributed by atoms with van der Waals surface area (Å²) in [7, 11) is 1.87. The molecule has 0 saturated carbocycles. The monoisotopic (exact) mass is 374 g/mol. The third-order valence-corrected chi connectivity index (χ3v) is 4.86. The lowest BCUT2D eigenvalue weighted by Gasteiger charge is -2.26. The number of hydrogen-bond donors (Lipinski definition) is 0. The van der Waals surface area contributed by atoms with E-state index < -0.39 is 0 Å². The van der Waals surface area contributed by atoms with E-state index in [2.05, 4.69) is 15.1 Å². The van der Waals surface area contributed by atoms with Gasteiger partial charge in [-0.2, -0.15) is 5.10 Å². The quantitative estimate of drug-likeness (QED) is 0.534. The summed E-state index contributed by atoms with van der Waals surface area (Å²) in [6.07, 6.45) is 5.39. The summed E-state index contributed by atoms with van der Waals surface area (Å²) in [4.78, 5) is 28.2. The zero-order valence-electron chi connectivity index (χ0n) is 15.4. The Hall–Kier alpha value is -3.39. The van der Waals surface area contributed by atoms with E-state index in [1.165, 1.54) is 0 Å². The maximum Gasteiger partial charge on any atom is 0.254 e. The van der Waals surface area contributed by atoms with Crippen molar-refractivity contribution in [1.29, 1.82) is 0 Å². The Bertz CT molecular complexity index is 1200. The van der Waals surface area contributed by atoms with Crippen LogP contribution < -0.4 is 0 Å². The SMILES string of the molecule is Cn1cc2cc(-c3cnc4ccc(C(=O)N5CCOCC5)cc4n3)cnc2n1. The van der Waals surface area contributed by atoms with Crippen LogP contribution in [-0.4, -0.2) is 61.8 Å². The summed E-state index contributed by atoms with van der Waals surface area (Å²) in [5.74, 6) is -0.00384. The van der Waals surface area contributed by atoms with E-state index in [1.54, 1.807) is 29.2 Å². The number of hydrogen-bond acceptors (Lipinski definition) is 6. The number of fused-ring (bicyclic) bond motifs is 2. The molecule has 0 unspecified atom stereocenters. The zero-order chi connectivity index (χ0) is 19.1. The van der Waals surface area contributed by atoms with Gasteiger partial charge in [0.1, 0.15) is 0 Å². The number of aromatic nitrogens is 5. The minimum Gasteiger partial charge on any atom is -0.378 e. The van der Waals surface area contributed by atoms with E-state index in [1.807, 2.05) is 30.3 Å². The number of aryl methyl sites for hydroxylation is 1. The smallest absolute Gasteiger partial charge is 0.254 e. The predicted molar refractivity (Wildman–Crippen MR) is 104 cm³/mol. The molecule has 0 aliphatic carbocycles. The highest BCUT2D eigenvalue weighted by atomic mass is 16.5.